The van der Waals surface area contributed by atoms with E-state index in [1.54, 1.807) is 0 Å². The van der Waals surface area contributed by atoms with E-state index in [0.717, 1.165) is 0 Å². The normalized spacial score (nSPS) is 45.5. The van der Waals surface area contributed by atoms with E-state index in [2.05, 4.69) is 5.32 Å². The van der Waals surface area contributed by atoms with Gasteiger partial charge in [0.1, 0.15) is 48.8 Å². The van der Waals surface area contributed by atoms with Gasteiger partial charge in [-0.2, -0.15) is 0 Å². The predicted octanol–water partition coefficient (Wildman–Crippen LogP) is -4.60. The maximum atomic E-state index is 11.5. The molecule has 1 amide bonds. The molecule has 0 saturated carbocycles. The molecule has 0 spiro atoms. The molecule has 2 aliphatic heterocycles. The smallest absolute Gasteiger partial charge is 0.217 e. The third kappa shape index (κ3) is 4.74. The van der Waals surface area contributed by atoms with Crippen molar-refractivity contribution in [2.45, 2.75) is 68.3 Å². The highest BCUT2D eigenvalue weighted by Crippen LogP contribution is 2.29. The zero-order valence-corrected chi connectivity index (χ0v) is 14.9. The highest BCUT2D eigenvalue weighted by atomic mass is 16.7. The Hall–Kier alpha value is -0.930. The van der Waals surface area contributed by atoms with Gasteiger partial charge in [0.05, 0.1) is 13.2 Å². The van der Waals surface area contributed by atoms with Crippen LogP contribution in [0, 0.1) is 0 Å². The van der Waals surface area contributed by atoms with Crippen molar-refractivity contribution < 1.29 is 54.4 Å². The molecule has 0 aromatic heterocycles. The molecule has 2 fully saturated rings. The van der Waals surface area contributed by atoms with E-state index in [0.29, 0.717) is 0 Å². The summed E-state index contributed by atoms with van der Waals surface area (Å²) in [4.78, 5) is 11.5. The zero-order chi connectivity index (χ0) is 20.3. The molecule has 2 aliphatic rings. The SMILES string of the molecule is CO[C@@H]1[C@@H](O)[C@H](O)O[C@H](CO)[C@@H]1O[C@@H]1O[C@H](CO)[C@H](O)[C@H](O)[C@H]1NC(C)=O. The lowest BCUT2D eigenvalue weighted by Gasteiger charge is -2.47. The first kappa shape index (κ1) is 22.4. The topological polar surface area (TPSA) is 187 Å². The summed E-state index contributed by atoms with van der Waals surface area (Å²) >= 11 is 0. The molecular formula is C15H27NO11. The molecule has 158 valence electrons. The summed E-state index contributed by atoms with van der Waals surface area (Å²) in [6.45, 7) is -0.0441. The van der Waals surface area contributed by atoms with Crippen LogP contribution in [0.1, 0.15) is 6.92 Å². The number of aliphatic hydroxyl groups excluding tert-OH is 6. The second-order valence-electron chi connectivity index (χ2n) is 6.47. The maximum absolute atomic E-state index is 11.5. The van der Waals surface area contributed by atoms with Crippen LogP contribution >= 0.6 is 0 Å². The molecule has 27 heavy (non-hydrogen) atoms. The lowest BCUT2D eigenvalue weighted by molar-refractivity contribution is -0.343. The molecule has 0 aromatic carbocycles. The number of hydrogen-bond acceptors (Lipinski definition) is 11. The quantitative estimate of drug-likeness (QED) is 0.228. The number of carbonyl (C=O) groups is 1. The predicted molar refractivity (Wildman–Crippen MR) is 85.0 cm³/mol. The molecule has 0 aliphatic carbocycles. The standard InChI is InChI=1S/C15H27NO11/c1-5(19)16-8-10(21)9(20)6(3-17)26-15(8)27-12-7(4-18)25-14(23)11(22)13(12)24-2/h6-15,17-18,20-23H,3-4H2,1-2H3,(H,16,19)/t6-,7-,8-,9+,10-,11-,12+,13-,14-,15+/m1/s1. The molecule has 0 aromatic rings. The fourth-order valence-electron chi connectivity index (χ4n) is 3.23. The minimum atomic E-state index is -1.62. The molecule has 12 heteroatoms. The van der Waals surface area contributed by atoms with Gasteiger partial charge in [0.15, 0.2) is 12.6 Å². The Kier molecular flexibility index (Phi) is 7.88. The highest BCUT2D eigenvalue weighted by Gasteiger charge is 2.51. The van der Waals surface area contributed by atoms with Gasteiger partial charge >= 0.3 is 0 Å². The van der Waals surface area contributed by atoms with E-state index in [4.69, 9.17) is 18.9 Å². The van der Waals surface area contributed by atoms with Gasteiger partial charge < -0.3 is 54.9 Å². The Labute approximate surface area is 155 Å². The van der Waals surface area contributed by atoms with Crippen molar-refractivity contribution >= 4 is 5.91 Å². The van der Waals surface area contributed by atoms with Crippen molar-refractivity contribution in [1.82, 2.24) is 5.32 Å². The van der Waals surface area contributed by atoms with Gasteiger partial charge in [-0.3, -0.25) is 4.79 Å². The van der Waals surface area contributed by atoms with Gasteiger partial charge in [-0.15, -0.1) is 0 Å². The van der Waals surface area contributed by atoms with E-state index in [1.807, 2.05) is 0 Å². The largest absolute Gasteiger partial charge is 0.394 e. The van der Waals surface area contributed by atoms with Gasteiger partial charge in [0.2, 0.25) is 5.91 Å². The first-order valence-corrected chi connectivity index (χ1v) is 8.45. The molecule has 12 nitrogen and oxygen atoms in total. The monoisotopic (exact) mass is 397 g/mol. The van der Waals surface area contributed by atoms with Crippen molar-refractivity contribution in [2.75, 3.05) is 20.3 Å². The summed E-state index contributed by atoms with van der Waals surface area (Å²) in [5.74, 6) is -0.539. The maximum Gasteiger partial charge on any atom is 0.217 e. The summed E-state index contributed by atoms with van der Waals surface area (Å²) in [5, 5.41) is 61.3. The van der Waals surface area contributed by atoms with Gasteiger partial charge in [-0.1, -0.05) is 0 Å². The lowest BCUT2D eigenvalue weighted by Crippen LogP contribution is -2.67. The number of nitrogens with one attached hydrogen (secondary N) is 1. The van der Waals surface area contributed by atoms with Crippen LogP contribution in [-0.2, 0) is 23.7 Å². The number of carbonyl (C=O) groups excluding carboxylic acids is 1. The third-order valence-electron chi connectivity index (χ3n) is 4.63. The van der Waals surface area contributed by atoms with Crippen LogP contribution in [-0.4, -0.2) is 118 Å². The minimum absolute atomic E-state index is 0.539. The second-order valence-corrected chi connectivity index (χ2v) is 6.47. The van der Waals surface area contributed by atoms with Gasteiger partial charge in [-0.05, 0) is 0 Å². The third-order valence-corrected chi connectivity index (χ3v) is 4.63. The summed E-state index contributed by atoms with van der Waals surface area (Å²) in [5.41, 5.74) is 0. The molecular weight excluding hydrogens is 370 g/mol. The summed E-state index contributed by atoms with van der Waals surface area (Å²) in [7, 11) is 1.25. The van der Waals surface area contributed by atoms with E-state index >= 15 is 0 Å². The first-order chi connectivity index (χ1) is 12.7. The molecule has 2 saturated heterocycles. The van der Waals surface area contributed by atoms with E-state index < -0.39 is 80.5 Å². The van der Waals surface area contributed by atoms with Crippen LogP contribution in [0.3, 0.4) is 0 Å². The average molecular weight is 397 g/mol. The average Bonchev–Trinajstić information content (AvgIpc) is 2.63. The molecule has 2 rings (SSSR count). The van der Waals surface area contributed by atoms with Crippen molar-refractivity contribution in [3.63, 3.8) is 0 Å². The Morgan fingerprint density at radius 2 is 1.59 bits per heavy atom. The van der Waals surface area contributed by atoms with Crippen LogP contribution in [0.15, 0.2) is 0 Å². The summed E-state index contributed by atoms with van der Waals surface area (Å²) < 4.78 is 21.4. The molecule has 7 N–H and O–H groups in total. The lowest BCUT2D eigenvalue weighted by atomic mass is 9.95. The number of rotatable bonds is 6. The number of hydrogen-bond donors (Lipinski definition) is 7. The Morgan fingerprint density at radius 3 is 2.11 bits per heavy atom. The van der Waals surface area contributed by atoms with Gasteiger partial charge in [0, 0.05) is 14.0 Å². The van der Waals surface area contributed by atoms with Crippen molar-refractivity contribution in [3.8, 4) is 0 Å². The second kappa shape index (κ2) is 9.52. The first-order valence-electron chi connectivity index (χ1n) is 8.45. The van der Waals surface area contributed by atoms with Crippen molar-refractivity contribution in [2.24, 2.45) is 0 Å². The fraction of sp³-hybridized carbons (Fsp3) is 0.933. The molecule has 0 bridgehead atoms. The Morgan fingerprint density at radius 1 is 0.963 bits per heavy atom. The fourth-order valence-corrected chi connectivity index (χ4v) is 3.23. The summed E-state index contributed by atoms with van der Waals surface area (Å²) in [6.07, 6.45) is -12.2. The number of amides is 1. The Balaban J connectivity index is 2.26. The van der Waals surface area contributed by atoms with Crippen LogP contribution < -0.4 is 5.32 Å². The Bertz CT molecular complexity index is 494. The van der Waals surface area contributed by atoms with Crippen molar-refractivity contribution in [1.29, 1.82) is 0 Å². The van der Waals surface area contributed by atoms with Crippen LogP contribution in [0.2, 0.25) is 0 Å². The van der Waals surface area contributed by atoms with E-state index in [-0.39, 0.29) is 0 Å². The zero-order valence-electron chi connectivity index (χ0n) is 14.9. The van der Waals surface area contributed by atoms with E-state index in [1.165, 1.54) is 14.0 Å². The molecule has 10 atom stereocenters. The minimum Gasteiger partial charge on any atom is -0.394 e. The number of methoxy groups -OCH3 is 1. The van der Waals surface area contributed by atoms with Crippen molar-refractivity contribution in [3.05, 3.63) is 0 Å². The van der Waals surface area contributed by atoms with Crippen LogP contribution in [0.25, 0.3) is 0 Å². The summed E-state index contributed by atoms with van der Waals surface area (Å²) in [6, 6.07) is -1.22. The van der Waals surface area contributed by atoms with Crippen LogP contribution in [0.4, 0.5) is 0 Å². The highest BCUT2D eigenvalue weighted by molar-refractivity contribution is 5.73. The van der Waals surface area contributed by atoms with E-state index in [9.17, 15) is 35.4 Å². The molecule has 2 heterocycles. The van der Waals surface area contributed by atoms with Crippen LogP contribution in [0.5, 0.6) is 0 Å². The number of ether oxygens (including phenoxy) is 4. The van der Waals surface area contributed by atoms with Gasteiger partial charge in [-0.25, -0.2) is 0 Å². The molecule has 0 radical (unpaired) electrons. The van der Waals surface area contributed by atoms with Gasteiger partial charge in [0.25, 0.3) is 0 Å². The molecule has 0 unspecified atom stereocenters. The number of aliphatic hydroxyl groups is 6.